The van der Waals surface area contributed by atoms with Crippen LogP contribution in [-0.4, -0.2) is 18.2 Å². The molecule has 4 heteroatoms. The fraction of sp³-hybridized carbons (Fsp3) is 0.286. The molecule has 1 rings (SSSR count). The first-order chi connectivity index (χ1) is 5.27. The second kappa shape index (κ2) is 3.21. The van der Waals surface area contributed by atoms with Gasteiger partial charge in [-0.2, -0.15) is 0 Å². The Morgan fingerprint density at radius 3 is 3.00 bits per heavy atom. The molecule has 0 fully saturated rings. The highest BCUT2D eigenvalue weighted by atomic mass is 16.5. The maximum absolute atomic E-state index is 10.8. The third kappa shape index (κ3) is 1.59. The van der Waals surface area contributed by atoms with Crippen LogP contribution in [0.25, 0.3) is 0 Å². The number of hydrogen-bond donors (Lipinski definition) is 1. The van der Waals surface area contributed by atoms with Gasteiger partial charge in [0.2, 0.25) is 0 Å². The van der Waals surface area contributed by atoms with Crippen molar-refractivity contribution in [3.63, 3.8) is 0 Å². The highest BCUT2D eigenvalue weighted by Gasteiger charge is 2.08. The summed E-state index contributed by atoms with van der Waals surface area (Å²) in [6, 6.07) is 1.44. The summed E-state index contributed by atoms with van der Waals surface area (Å²) in [7, 11) is 1.29. The van der Waals surface area contributed by atoms with Crippen LogP contribution in [0.5, 0.6) is 0 Å². The monoisotopic (exact) mass is 156 g/mol. The van der Waals surface area contributed by atoms with Crippen molar-refractivity contribution in [1.29, 1.82) is 0 Å². The van der Waals surface area contributed by atoms with Crippen LogP contribution in [0, 0.1) is 0 Å². The molecule has 1 N–H and O–H groups in total. The van der Waals surface area contributed by atoms with Crippen molar-refractivity contribution in [2.75, 3.05) is 7.11 Å². The van der Waals surface area contributed by atoms with Gasteiger partial charge in [0, 0.05) is 0 Å². The van der Waals surface area contributed by atoms with Crippen LogP contribution >= 0.6 is 0 Å². The fourth-order valence-electron chi connectivity index (χ4n) is 0.688. The van der Waals surface area contributed by atoms with Crippen molar-refractivity contribution < 1.29 is 19.1 Å². The number of methoxy groups -OCH3 is 1. The molecule has 0 spiro atoms. The lowest BCUT2D eigenvalue weighted by molar-refractivity contribution is 0.0600. The van der Waals surface area contributed by atoms with Gasteiger partial charge in [-0.25, -0.2) is 4.79 Å². The Hall–Kier alpha value is -1.29. The number of carbonyl (C=O) groups excluding carboxylic acids is 1. The number of esters is 1. The number of aliphatic hydroxyl groups excluding tert-OH is 1. The summed E-state index contributed by atoms with van der Waals surface area (Å²) in [5.74, 6) is -0.112. The number of hydrogen-bond acceptors (Lipinski definition) is 4. The van der Waals surface area contributed by atoms with E-state index in [4.69, 9.17) is 9.52 Å². The van der Waals surface area contributed by atoms with Crippen molar-refractivity contribution >= 4 is 5.97 Å². The van der Waals surface area contributed by atoms with Gasteiger partial charge in [0.1, 0.15) is 18.6 Å². The van der Waals surface area contributed by atoms with Gasteiger partial charge in [0.15, 0.2) is 0 Å². The van der Waals surface area contributed by atoms with E-state index in [2.05, 4.69) is 4.74 Å². The topological polar surface area (TPSA) is 59.7 Å². The van der Waals surface area contributed by atoms with Crippen LogP contribution in [0.15, 0.2) is 16.7 Å². The van der Waals surface area contributed by atoms with E-state index < -0.39 is 5.97 Å². The second-order valence-corrected chi connectivity index (χ2v) is 1.95. The van der Waals surface area contributed by atoms with Crippen LogP contribution < -0.4 is 0 Å². The summed E-state index contributed by atoms with van der Waals surface area (Å²) in [4.78, 5) is 10.8. The molecule has 1 aromatic heterocycles. The highest BCUT2D eigenvalue weighted by molar-refractivity contribution is 5.88. The Morgan fingerprint density at radius 1 is 1.82 bits per heavy atom. The summed E-state index contributed by atoms with van der Waals surface area (Å²) in [6.07, 6.45) is 1.25. The molecule has 0 aliphatic rings. The molecule has 0 aliphatic heterocycles. The minimum absolute atomic E-state index is 0.211. The van der Waals surface area contributed by atoms with Crippen molar-refractivity contribution in [2.45, 2.75) is 6.61 Å². The third-order valence-electron chi connectivity index (χ3n) is 1.23. The lowest BCUT2D eigenvalue weighted by Crippen LogP contribution is -1.98. The molecule has 0 bridgehead atoms. The predicted octanol–water partition coefficient (Wildman–Crippen LogP) is 0.558. The minimum Gasteiger partial charge on any atom is -0.466 e. The van der Waals surface area contributed by atoms with Gasteiger partial charge in [-0.05, 0) is 6.07 Å². The zero-order valence-corrected chi connectivity index (χ0v) is 6.03. The summed E-state index contributed by atoms with van der Waals surface area (Å²) >= 11 is 0. The molecule has 11 heavy (non-hydrogen) atoms. The minimum atomic E-state index is -0.464. The predicted molar refractivity (Wildman–Crippen MR) is 36.0 cm³/mol. The molecular weight excluding hydrogens is 148 g/mol. The first-order valence-corrected chi connectivity index (χ1v) is 3.04. The zero-order chi connectivity index (χ0) is 8.27. The lowest BCUT2D eigenvalue weighted by Gasteiger charge is -1.90. The second-order valence-electron chi connectivity index (χ2n) is 1.95. The van der Waals surface area contributed by atoms with Gasteiger partial charge in [0.05, 0.1) is 12.7 Å². The number of rotatable bonds is 2. The molecule has 0 radical (unpaired) electrons. The van der Waals surface area contributed by atoms with Gasteiger partial charge in [-0.3, -0.25) is 0 Å². The quantitative estimate of drug-likeness (QED) is 0.635. The van der Waals surface area contributed by atoms with E-state index in [1.807, 2.05) is 0 Å². The van der Waals surface area contributed by atoms with E-state index in [1.165, 1.54) is 19.4 Å². The van der Waals surface area contributed by atoms with Gasteiger partial charge < -0.3 is 14.3 Å². The molecule has 0 saturated carbocycles. The fourth-order valence-corrected chi connectivity index (χ4v) is 0.688. The van der Waals surface area contributed by atoms with E-state index in [1.54, 1.807) is 0 Å². The Morgan fingerprint density at radius 2 is 2.55 bits per heavy atom. The number of ether oxygens (including phenoxy) is 1. The largest absolute Gasteiger partial charge is 0.466 e. The maximum atomic E-state index is 10.8. The van der Waals surface area contributed by atoms with Crippen molar-refractivity contribution in [1.82, 2.24) is 0 Å². The first-order valence-electron chi connectivity index (χ1n) is 3.04. The molecule has 0 amide bonds. The summed E-state index contributed by atoms with van der Waals surface area (Å²) in [6.45, 7) is -0.211. The van der Waals surface area contributed by atoms with Gasteiger partial charge >= 0.3 is 5.97 Å². The van der Waals surface area contributed by atoms with Gasteiger partial charge in [-0.1, -0.05) is 0 Å². The van der Waals surface area contributed by atoms with E-state index in [0.717, 1.165) is 0 Å². The van der Waals surface area contributed by atoms with Crippen LogP contribution in [-0.2, 0) is 11.3 Å². The van der Waals surface area contributed by atoms with Crippen molar-refractivity contribution in [3.05, 3.63) is 23.7 Å². The van der Waals surface area contributed by atoms with E-state index in [9.17, 15) is 4.79 Å². The Kier molecular flexibility index (Phi) is 2.28. The standard InChI is InChI=1S/C7H8O4/c1-10-7(9)5-2-6(3-8)11-4-5/h2,4,8H,3H2,1H3. The number of furan rings is 1. The van der Waals surface area contributed by atoms with Crippen LogP contribution in [0.3, 0.4) is 0 Å². The van der Waals surface area contributed by atoms with Crippen molar-refractivity contribution in [3.8, 4) is 0 Å². The Balaban J connectivity index is 2.80. The molecule has 0 aromatic carbocycles. The molecule has 0 saturated heterocycles. The SMILES string of the molecule is COC(=O)c1coc(CO)c1. The molecule has 0 aliphatic carbocycles. The average molecular weight is 156 g/mol. The van der Waals surface area contributed by atoms with E-state index in [0.29, 0.717) is 11.3 Å². The molecule has 1 aromatic rings. The normalized spacial score (nSPS) is 9.64. The first kappa shape index (κ1) is 7.81. The van der Waals surface area contributed by atoms with E-state index >= 15 is 0 Å². The lowest BCUT2D eigenvalue weighted by atomic mass is 10.3. The summed E-state index contributed by atoms with van der Waals surface area (Å²) in [5, 5.41) is 8.56. The van der Waals surface area contributed by atoms with Gasteiger partial charge in [-0.15, -0.1) is 0 Å². The zero-order valence-electron chi connectivity index (χ0n) is 6.03. The van der Waals surface area contributed by atoms with Gasteiger partial charge in [0.25, 0.3) is 0 Å². The van der Waals surface area contributed by atoms with Crippen LogP contribution in [0.1, 0.15) is 16.1 Å². The molecule has 0 unspecified atom stereocenters. The Bertz CT molecular complexity index is 251. The Labute approximate surface area is 63.4 Å². The summed E-state index contributed by atoms with van der Waals surface area (Å²) < 4.78 is 9.20. The van der Waals surface area contributed by atoms with Crippen LogP contribution in [0.2, 0.25) is 0 Å². The average Bonchev–Trinajstić information content (AvgIpc) is 2.50. The molecule has 0 atom stereocenters. The molecular formula is C7H8O4. The maximum Gasteiger partial charge on any atom is 0.341 e. The third-order valence-corrected chi connectivity index (χ3v) is 1.23. The van der Waals surface area contributed by atoms with E-state index in [-0.39, 0.29) is 6.61 Å². The summed E-state index contributed by atoms with van der Waals surface area (Å²) in [5.41, 5.74) is 0.316. The van der Waals surface area contributed by atoms with Crippen molar-refractivity contribution in [2.24, 2.45) is 0 Å². The molecule has 1 heterocycles. The van der Waals surface area contributed by atoms with Crippen LogP contribution in [0.4, 0.5) is 0 Å². The number of aliphatic hydroxyl groups is 1. The molecule has 4 nitrogen and oxygen atoms in total. The molecule has 60 valence electrons. The highest BCUT2D eigenvalue weighted by Crippen LogP contribution is 2.08. The number of carbonyl (C=O) groups is 1. The smallest absolute Gasteiger partial charge is 0.341 e.